The number of amides is 1. The highest BCUT2D eigenvalue weighted by atomic mass is 16.5. The molecule has 3 aromatic heterocycles. The third-order valence-electron chi connectivity index (χ3n) is 6.53. The lowest BCUT2D eigenvalue weighted by Crippen LogP contribution is -2.37. The summed E-state index contributed by atoms with van der Waals surface area (Å²) >= 11 is 0. The molecule has 4 aromatic rings. The molecule has 1 N–H and O–H groups in total. The second-order valence-electron chi connectivity index (χ2n) is 8.78. The van der Waals surface area contributed by atoms with E-state index < -0.39 is 0 Å². The van der Waals surface area contributed by atoms with Crippen LogP contribution in [0.3, 0.4) is 0 Å². The lowest BCUT2D eigenvalue weighted by Gasteiger charge is -2.30. The smallest absolute Gasteiger partial charge is 0.254 e. The van der Waals surface area contributed by atoms with Crippen molar-refractivity contribution in [3.63, 3.8) is 0 Å². The molecule has 0 saturated carbocycles. The van der Waals surface area contributed by atoms with Crippen molar-refractivity contribution in [3.8, 4) is 16.9 Å². The van der Waals surface area contributed by atoms with Crippen molar-refractivity contribution < 1.29 is 9.53 Å². The number of aromatic nitrogens is 5. The van der Waals surface area contributed by atoms with Crippen molar-refractivity contribution in [1.29, 1.82) is 5.41 Å². The maximum absolute atomic E-state index is 13.7. The maximum Gasteiger partial charge on any atom is 0.254 e. The molecule has 1 aliphatic heterocycles. The molecule has 9 nitrogen and oxygen atoms in total. The standard InChI is InChI=1S/C26H29N7O2/c1-4-33-16-19(14-29-33)23-11-18(15-32-10-9-30(2)26(32)27)12-24-22(23)6-8-31(25(24)34)17-20-13-21(35-3)5-7-28-20/h5,7,9-14,16,27H,4,6,8,15,17H2,1-3H3. The molecule has 35 heavy (non-hydrogen) atoms. The van der Waals surface area contributed by atoms with E-state index in [1.54, 1.807) is 23.9 Å². The van der Waals surface area contributed by atoms with Gasteiger partial charge in [-0.05, 0) is 48.2 Å². The van der Waals surface area contributed by atoms with Crippen LogP contribution in [-0.4, -0.2) is 48.4 Å². The molecular formula is C26H29N7O2. The number of nitrogens with zero attached hydrogens (tertiary/aromatic N) is 6. The maximum atomic E-state index is 13.7. The summed E-state index contributed by atoms with van der Waals surface area (Å²) in [4.78, 5) is 20.0. The summed E-state index contributed by atoms with van der Waals surface area (Å²) in [6.07, 6.45) is 10.1. The summed E-state index contributed by atoms with van der Waals surface area (Å²) in [6.45, 7) is 4.38. The molecule has 1 aromatic carbocycles. The van der Waals surface area contributed by atoms with Gasteiger partial charge in [-0.1, -0.05) is 0 Å². The second kappa shape index (κ2) is 9.25. The Morgan fingerprint density at radius 1 is 1.14 bits per heavy atom. The average Bonchev–Trinajstić information content (AvgIpc) is 3.48. The first kappa shape index (κ1) is 22.6. The number of hydrogen-bond acceptors (Lipinski definition) is 5. The molecule has 0 radical (unpaired) electrons. The highest BCUT2D eigenvalue weighted by Gasteiger charge is 2.28. The number of ether oxygens (including phenoxy) is 1. The minimum absolute atomic E-state index is 0.00832. The Morgan fingerprint density at radius 2 is 1.97 bits per heavy atom. The van der Waals surface area contributed by atoms with E-state index in [1.165, 1.54) is 0 Å². The number of rotatable bonds is 7. The van der Waals surface area contributed by atoms with E-state index >= 15 is 0 Å². The molecule has 180 valence electrons. The van der Waals surface area contributed by atoms with Crippen LogP contribution in [-0.2, 0) is 33.1 Å². The first-order chi connectivity index (χ1) is 17.0. The van der Waals surface area contributed by atoms with E-state index in [4.69, 9.17) is 10.1 Å². The molecule has 9 heteroatoms. The van der Waals surface area contributed by atoms with Crippen LogP contribution in [0.5, 0.6) is 5.75 Å². The Balaban J connectivity index is 1.54. The van der Waals surface area contributed by atoms with Gasteiger partial charge in [0.15, 0.2) is 0 Å². The molecule has 0 aliphatic carbocycles. The van der Waals surface area contributed by atoms with Crippen molar-refractivity contribution in [1.82, 2.24) is 28.8 Å². The number of imidazole rings is 1. The predicted molar refractivity (Wildman–Crippen MR) is 131 cm³/mol. The first-order valence-electron chi connectivity index (χ1n) is 11.7. The molecule has 0 saturated heterocycles. The van der Waals surface area contributed by atoms with Crippen LogP contribution in [0.4, 0.5) is 0 Å². The molecule has 1 amide bonds. The highest BCUT2D eigenvalue weighted by Crippen LogP contribution is 2.32. The number of carbonyl (C=O) groups is 1. The van der Waals surface area contributed by atoms with Gasteiger partial charge in [-0.25, -0.2) is 0 Å². The van der Waals surface area contributed by atoms with Crippen molar-refractivity contribution in [2.75, 3.05) is 13.7 Å². The fourth-order valence-corrected chi connectivity index (χ4v) is 4.60. The number of carbonyl (C=O) groups excluding carboxylic acids is 1. The van der Waals surface area contributed by atoms with E-state index in [0.29, 0.717) is 30.8 Å². The van der Waals surface area contributed by atoms with Gasteiger partial charge in [-0.2, -0.15) is 5.10 Å². The number of nitrogens with one attached hydrogen (secondary N) is 1. The van der Waals surface area contributed by atoms with Crippen molar-refractivity contribution in [2.24, 2.45) is 7.05 Å². The zero-order valence-corrected chi connectivity index (χ0v) is 20.2. The van der Waals surface area contributed by atoms with Crippen LogP contribution in [0.2, 0.25) is 0 Å². The molecule has 0 spiro atoms. The number of hydrogen-bond donors (Lipinski definition) is 1. The van der Waals surface area contributed by atoms with Crippen molar-refractivity contribution >= 4 is 5.91 Å². The Kier molecular flexibility index (Phi) is 5.98. The number of fused-ring (bicyclic) bond motifs is 1. The topological polar surface area (TPSA) is 94.0 Å². The fraction of sp³-hybridized carbons (Fsp3) is 0.308. The van der Waals surface area contributed by atoms with Crippen LogP contribution in [0.15, 0.2) is 55.2 Å². The Labute approximate surface area is 203 Å². The monoisotopic (exact) mass is 471 g/mol. The van der Waals surface area contributed by atoms with Gasteiger partial charge in [-0.15, -0.1) is 0 Å². The molecular weight excluding hydrogens is 442 g/mol. The van der Waals surface area contributed by atoms with Gasteiger partial charge in [-0.3, -0.25) is 19.9 Å². The summed E-state index contributed by atoms with van der Waals surface area (Å²) < 4.78 is 10.8. The van der Waals surface area contributed by atoms with Gasteiger partial charge in [0.25, 0.3) is 5.91 Å². The summed E-state index contributed by atoms with van der Waals surface area (Å²) in [5, 5.41) is 12.8. The quantitative estimate of drug-likeness (QED) is 0.449. The van der Waals surface area contributed by atoms with Gasteiger partial charge < -0.3 is 18.8 Å². The van der Waals surface area contributed by atoms with Gasteiger partial charge >= 0.3 is 0 Å². The van der Waals surface area contributed by atoms with Gasteiger partial charge in [0.05, 0.1) is 32.1 Å². The molecule has 0 unspecified atom stereocenters. The normalized spacial score (nSPS) is 13.2. The van der Waals surface area contributed by atoms with Crippen LogP contribution in [0, 0.1) is 5.41 Å². The first-order valence-corrected chi connectivity index (χ1v) is 11.7. The molecule has 4 heterocycles. The Hall–Kier alpha value is -4.14. The van der Waals surface area contributed by atoms with E-state index in [-0.39, 0.29) is 5.91 Å². The lowest BCUT2D eigenvalue weighted by atomic mass is 9.89. The molecule has 0 fully saturated rings. The van der Waals surface area contributed by atoms with E-state index in [0.717, 1.165) is 46.7 Å². The number of aryl methyl sites for hydroxylation is 2. The summed E-state index contributed by atoms with van der Waals surface area (Å²) in [5.74, 6) is 0.717. The molecule has 0 atom stereocenters. The summed E-state index contributed by atoms with van der Waals surface area (Å²) in [7, 11) is 3.47. The Morgan fingerprint density at radius 3 is 2.69 bits per heavy atom. The highest BCUT2D eigenvalue weighted by molar-refractivity contribution is 5.99. The predicted octanol–water partition coefficient (Wildman–Crippen LogP) is 2.84. The van der Waals surface area contributed by atoms with E-state index in [2.05, 4.69) is 23.1 Å². The van der Waals surface area contributed by atoms with Gasteiger partial charge in [0, 0.05) is 62.1 Å². The number of benzene rings is 1. The number of pyridine rings is 1. The Bertz CT molecular complexity index is 1450. The minimum Gasteiger partial charge on any atom is -0.497 e. The van der Waals surface area contributed by atoms with Crippen molar-refractivity contribution in [3.05, 3.63) is 83.3 Å². The third kappa shape index (κ3) is 4.37. The van der Waals surface area contributed by atoms with Crippen LogP contribution in [0.1, 0.15) is 34.1 Å². The zero-order chi connectivity index (χ0) is 24.5. The third-order valence-corrected chi connectivity index (χ3v) is 6.53. The largest absolute Gasteiger partial charge is 0.497 e. The average molecular weight is 472 g/mol. The molecule has 5 rings (SSSR count). The molecule has 1 aliphatic rings. The number of methoxy groups -OCH3 is 1. The molecule has 0 bridgehead atoms. The van der Waals surface area contributed by atoms with Crippen molar-refractivity contribution in [2.45, 2.75) is 33.0 Å². The zero-order valence-electron chi connectivity index (χ0n) is 20.2. The summed E-state index contributed by atoms with van der Waals surface area (Å²) in [5.41, 5.74) is 5.97. The fourth-order valence-electron chi connectivity index (χ4n) is 4.60. The van der Waals surface area contributed by atoms with Crippen LogP contribution in [0.25, 0.3) is 11.1 Å². The minimum atomic E-state index is -0.00832. The van der Waals surface area contributed by atoms with E-state index in [9.17, 15) is 4.79 Å². The SMILES string of the molecule is CCn1cc(-c2cc(Cn3ccn(C)c3=N)cc3c2CCN(Cc2cc(OC)ccn2)C3=O)cn1. The summed E-state index contributed by atoms with van der Waals surface area (Å²) in [6, 6.07) is 7.79. The van der Waals surface area contributed by atoms with Gasteiger partial charge in [0.1, 0.15) is 5.75 Å². The van der Waals surface area contributed by atoms with Crippen LogP contribution < -0.4 is 10.4 Å². The van der Waals surface area contributed by atoms with E-state index in [1.807, 2.05) is 58.1 Å². The second-order valence-corrected chi connectivity index (χ2v) is 8.78. The lowest BCUT2D eigenvalue weighted by molar-refractivity contribution is 0.0725. The van der Waals surface area contributed by atoms with Gasteiger partial charge in [0.2, 0.25) is 5.62 Å². The van der Waals surface area contributed by atoms with Crippen LogP contribution >= 0.6 is 0 Å².